The summed E-state index contributed by atoms with van der Waals surface area (Å²) in [6.45, 7) is 0.0748. The van der Waals surface area contributed by atoms with Crippen molar-refractivity contribution in [1.29, 1.82) is 0 Å². The van der Waals surface area contributed by atoms with Gasteiger partial charge in [0.2, 0.25) is 5.91 Å². The summed E-state index contributed by atoms with van der Waals surface area (Å²) in [4.78, 5) is 27.2. The lowest BCUT2D eigenvalue weighted by molar-refractivity contribution is -0.121. The van der Waals surface area contributed by atoms with Gasteiger partial charge in [0.1, 0.15) is 11.6 Å². The zero-order valence-corrected chi connectivity index (χ0v) is 12.3. The highest BCUT2D eigenvalue weighted by Gasteiger charge is 2.17. The SMILES string of the molecule is NC(=O)[C@H](CNC(=O)Nc1ccccn1)Cc1ccc(F)cc1. The molecule has 2 rings (SSSR count). The van der Waals surface area contributed by atoms with Gasteiger partial charge in [0, 0.05) is 12.7 Å². The molecule has 1 heterocycles. The molecule has 4 N–H and O–H groups in total. The van der Waals surface area contributed by atoms with E-state index < -0.39 is 17.9 Å². The van der Waals surface area contributed by atoms with E-state index in [1.165, 1.54) is 12.1 Å². The van der Waals surface area contributed by atoms with Crippen molar-refractivity contribution in [3.63, 3.8) is 0 Å². The molecule has 0 unspecified atom stereocenters. The number of aromatic nitrogens is 1. The third-order valence-electron chi connectivity index (χ3n) is 3.21. The van der Waals surface area contributed by atoms with Gasteiger partial charge in [-0.15, -0.1) is 0 Å². The van der Waals surface area contributed by atoms with Crippen molar-refractivity contribution >= 4 is 17.8 Å². The summed E-state index contributed by atoms with van der Waals surface area (Å²) in [5, 5.41) is 5.12. The Hall–Kier alpha value is -2.96. The average Bonchev–Trinajstić information content (AvgIpc) is 2.54. The van der Waals surface area contributed by atoms with Gasteiger partial charge in [0.25, 0.3) is 0 Å². The second-order valence-electron chi connectivity index (χ2n) is 4.98. The van der Waals surface area contributed by atoms with Crippen LogP contribution < -0.4 is 16.4 Å². The molecule has 1 atom stereocenters. The van der Waals surface area contributed by atoms with Crippen molar-refractivity contribution in [3.05, 3.63) is 60.0 Å². The molecule has 0 radical (unpaired) electrons. The minimum absolute atomic E-state index is 0.0748. The van der Waals surface area contributed by atoms with Crippen molar-refractivity contribution in [2.24, 2.45) is 11.7 Å². The Morgan fingerprint density at radius 3 is 2.52 bits per heavy atom. The highest BCUT2D eigenvalue weighted by molar-refractivity contribution is 5.88. The molecule has 7 heteroatoms. The first-order valence-corrected chi connectivity index (χ1v) is 7.04. The van der Waals surface area contributed by atoms with Gasteiger partial charge in [-0.3, -0.25) is 10.1 Å². The van der Waals surface area contributed by atoms with Gasteiger partial charge in [-0.25, -0.2) is 14.2 Å². The van der Waals surface area contributed by atoms with Gasteiger partial charge in [-0.2, -0.15) is 0 Å². The van der Waals surface area contributed by atoms with Crippen LogP contribution >= 0.6 is 0 Å². The van der Waals surface area contributed by atoms with E-state index in [1.807, 2.05) is 0 Å². The minimum Gasteiger partial charge on any atom is -0.369 e. The predicted molar refractivity (Wildman–Crippen MR) is 84.0 cm³/mol. The quantitative estimate of drug-likeness (QED) is 0.756. The zero-order valence-electron chi connectivity index (χ0n) is 12.3. The first kappa shape index (κ1) is 16.4. The number of amides is 3. The lowest BCUT2D eigenvalue weighted by atomic mass is 9.98. The Balaban J connectivity index is 1.88. The molecule has 0 aliphatic rings. The van der Waals surface area contributed by atoms with Crippen LogP contribution in [0.1, 0.15) is 5.56 Å². The van der Waals surface area contributed by atoms with Gasteiger partial charge < -0.3 is 11.1 Å². The Bertz CT molecular complexity index is 662. The van der Waals surface area contributed by atoms with Crippen molar-refractivity contribution in [3.8, 4) is 0 Å². The molecule has 0 aliphatic heterocycles. The molecule has 0 bridgehead atoms. The summed E-state index contributed by atoms with van der Waals surface area (Å²) in [5.74, 6) is -1.07. The van der Waals surface area contributed by atoms with Crippen LogP contribution in [0.2, 0.25) is 0 Å². The van der Waals surface area contributed by atoms with E-state index in [1.54, 1.807) is 36.5 Å². The summed E-state index contributed by atoms with van der Waals surface area (Å²) in [6.07, 6.45) is 1.87. The molecular formula is C16H17FN4O2. The standard InChI is InChI=1S/C16H17FN4O2/c17-13-6-4-11(5-7-13)9-12(15(18)22)10-20-16(23)21-14-3-1-2-8-19-14/h1-8,12H,9-10H2,(H2,18,22)(H2,19,20,21,23)/t12-/m0/s1. The number of nitrogens with one attached hydrogen (secondary N) is 2. The largest absolute Gasteiger partial charge is 0.369 e. The molecule has 120 valence electrons. The number of nitrogens with zero attached hydrogens (tertiary/aromatic N) is 1. The fourth-order valence-electron chi connectivity index (χ4n) is 1.99. The van der Waals surface area contributed by atoms with E-state index in [0.717, 1.165) is 5.56 Å². The van der Waals surface area contributed by atoms with E-state index in [2.05, 4.69) is 15.6 Å². The van der Waals surface area contributed by atoms with E-state index in [0.29, 0.717) is 12.2 Å². The van der Waals surface area contributed by atoms with Crippen LogP contribution in [-0.4, -0.2) is 23.5 Å². The third kappa shape index (κ3) is 5.39. The van der Waals surface area contributed by atoms with Crippen LogP contribution in [0.3, 0.4) is 0 Å². The number of primary amides is 1. The molecule has 0 fully saturated rings. The fourth-order valence-corrected chi connectivity index (χ4v) is 1.99. The lowest BCUT2D eigenvalue weighted by Gasteiger charge is -2.14. The smallest absolute Gasteiger partial charge is 0.320 e. The molecule has 2 aromatic rings. The zero-order chi connectivity index (χ0) is 16.7. The molecule has 23 heavy (non-hydrogen) atoms. The molecular weight excluding hydrogens is 299 g/mol. The number of pyridine rings is 1. The number of halogens is 1. The van der Waals surface area contributed by atoms with Crippen LogP contribution in [0, 0.1) is 11.7 Å². The first-order valence-electron chi connectivity index (χ1n) is 7.04. The Kier molecular flexibility index (Phi) is 5.62. The number of carbonyl (C=O) groups excluding carboxylic acids is 2. The van der Waals surface area contributed by atoms with E-state index in [-0.39, 0.29) is 12.4 Å². The Morgan fingerprint density at radius 2 is 1.91 bits per heavy atom. The van der Waals surface area contributed by atoms with E-state index >= 15 is 0 Å². The summed E-state index contributed by atoms with van der Waals surface area (Å²) in [5.41, 5.74) is 6.12. The normalized spacial score (nSPS) is 11.5. The van der Waals surface area contributed by atoms with Crippen molar-refractivity contribution in [2.75, 3.05) is 11.9 Å². The van der Waals surface area contributed by atoms with Crippen LogP contribution in [0.15, 0.2) is 48.7 Å². The molecule has 1 aromatic heterocycles. The Morgan fingerprint density at radius 1 is 1.17 bits per heavy atom. The van der Waals surface area contributed by atoms with Crippen LogP contribution in [-0.2, 0) is 11.2 Å². The molecule has 6 nitrogen and oxygen atoms in total. The summed E-state index contributed by atoms with van der Waals surface area (Å²) >= 11 is 0. The topological polar surface area (TPSA) is 97.1 Å². The molecule has 3 amide bonds. The van der Waals surface area contributed by atoms with Gasteiger partial charge in [-0.05, 0) is 36.2 Å². The van der Waals surface area contributed by atoms with Gasteiger partial charge in [0.05, 0.1) is 5.92 Å². The first-order chi connectivity index (χ1) is 11.0. The second kappa shape index (κ2) is 7.88. The van der Waals surface area contributed by atoms with Crippen molar-refractivity contribution < 1.29 is 14.0 Å². The number of hydrogen-bond donors (Lipinski definition) is 3. The van der Waals surface area contributed by atoms with Gasteiger partial charge in [-0.1, -0.05) is 18.2 Å². The third-order valence-corrected chi connectivity index (χ3v) is 3.21. The second-order valence-corrected chi connectivity index (χ2v) is 4.98. The lowest BCUT2D eigenvalue weighted by Crippen LogP contribution is -2.39. The highest BCUT2D eigenvalue weighted by Crippen LogP contribution is 2.10. The molecule has 0 spiro atoms. The number of nitrogens with two attached hydrogens (primary N) is 1. The van der Waals surface area contributed by atoms with Crippen molar-refractivity contribution in [1.82, 2.24) is 10.3 Å². The highest BCUT2D eigenvalue weighted by atomic mass is 19.1. The number of anilines is 1. The minimum atomic E-state index is -0.588. The molecule has 1 aromatic carbocycles. The van der Waals surface area contributed by atoms with Crippen molar-refractivity contribution in [2.45, 2.75) is 6.42 Å². The molecule has 0 saturated heterocycles. The molecule has 0 saturated carbocycles. The number of hydrogen-bond acceptors (Lipinski definition) is 3. The number of rotatable bonds is 6. The number of benzene rings is 1. The maximum Gasteiger partial charge on any atom is 0.320 e. The summed E-state index contributed by atoms with van der Waals surface area (Å²) < 4.78 is 12.9. The Labute approximate surface area is 132 Å². The number of carbonyl (C=O) groups is 2. The maximum atomic E-state index is 12.9. The summed E-state index contributed by atoms with van der Waals surface area (Å²) in [7, 11) is 0. The monoisotopic (exact) mass is 316 g/mol. The predicted octanol–water partition coefficient (Wildman–Crippen LogP) is 1.69. The van der Waals surface area contributed by atoms with E-state index in [4.69, 9.17) is 5.73 Å². The number of urea groups is 1. The van der Waals surface area contributed by atoms with Gasteiger partial charge in [0.15, 0.2) is 0 Å². The maximum absolute atomic E-state index is 12.9. The van der Waals surface area contributed by atoms with Crippen LogP contribution in [0.4, 0.5) is 15.0 Å². The average molecular weight is 316 g/mol. The van der Waals surface area contributed by atoms with E-state index in [9.17, 15) is 14.0 Å². The summed E-state index contributed by atoms with van der Waals surface area (Å²) in [6, 6.07) is 10.4. The van der Waals surface area contributed by atoms with Crippen LogP contribution in [0.5, 0.6) is 0 Å². The van der Waals surface area contributed by atoms with Crippen LogP contribution in [0.25, 0.3) is 0 Å². The fraction of sp³-hybridized carbons (Fsp3) is 0.188. The molecule has 0 aliphatic carbocycles. The van der Waals surface area contributed by atoms with Gasteiger partial charge >= 0.3 is 6.03 Å².